The first-order chi connectivity index (χ1) is 8.22. The SMILES string of the molecule is N#Cc1cccc(CS(=O)c2cccs2)c1F. The van der Waals surface area contributed by atoms with Crippen LogP contribution in [-0.4, -0.2) is 4.21 Å². The van der Waals surface area contributed by atoms with Crippen molar-refractivity contribution in [1.82, 2.24) is 0 Å². The molecule has 1 aromatic carbocycles. The van der Waals surface area contributed by atoms with Crippen LogP contribution in [0.4, 0.5) is 4.39 Å². The van der Waals surface area contributed by atoms with E-state index in [0.29, 0.717) is 9.77 Å². The maximum Gasteiger partial charge on any atom is 0.145 e. The van der Waals surface area contributed by atoms with Crippen molar-refractivity contribution in [3.8, 4) is 6.07 Å². The number of nitriles is 1. The Labute approximate surface area is 105 Å². The van der Waals surface area contributed by atoms with Crippen molar-refractivity contribution >= 4 is 22.1 Å². The van der Waals surface area contributed by atoms with Gasteiger partial charge < -0.3 is 0 Å². The lowest BCUT2D eigenvalue weighted by atomic mass is 10.1. The van der Waals surface area contributed by atoms with Crippen LogP contribution in [0.5, 0.6) is 0 Å². The van der Waals surface area contributed by atoms with E-state index >= 15 is 0 Å². The van der Waals surface area contributed by atoms with Crippen molar-refractivity contribution in [2.45, 2.75) is 9.96 Å². The summed E-state index contributed by atoms with van der Waals surface area (Å²) < 4.78 is 26.3. The van der Waals surface area contributed by atoms with Crippen LogP contribution in [0.3, 0.4) is 0 Å². The standard InChI is InChI=1S/C12H8FNOS2/c13-12-9(7-14)3-1-4-10(12)8-17(15)11-5-2-6-16-11/h1-6H,8H2. The van der Waals surface area contributed by atoms with Gasteiger partial charge in [0.2, 0.25) is 0 Å². The lowest BCUT2D eigenvalue weighted by Crippen LogP contribution is -1.99. The molecular formula is C12H8FNOS2. The van der Waals surface area contributed by atoms with Gasteiger partial charge in [0.05, 0.1) is 26.3 Å². The molecule has 0 fully saturated rings. The third-order valence-corrected chi connectivity index (χ3v) is 4.87. The van der Waals surface area contributed by atoms with Crippen molar-refractivity contribution in [3.63, 3.8) is 0 Å². The summed E-state index contributed by atoms with van der Waals surface area (Å²) >= 11 is 1.38. The van der Waals surface area contributed by atoms with Gasteiger partial charge in [0.25, 0.3) is 0 Å². The molecule has 17 heavy (non-hydrogen) atoms. The Kier molecular flexibility index (Phi) is 3.67. The zero-order valence-electron chi connectivity index (χ0n) is 8.72. The Morgan fingerprint density at radius 2 is 2.18 bits per heavy atom. The first kappa shape index (κ1) is 12.0. The molecule has 0 bridgehead atoms. The molecule has 2 aromatic rings. The molecule has 0 aliphatic heterocycles. The Hall–Kier alpha value is -1.51. The van der Waals surface area contributed by atoms with Crippen LogP contribution in [0.25, 0.3) is 0 Å². The van der Waals surface area contributed by atoms with E-state index in [4.69, 9.17) is 5.26 Å². The van der Waals surface area contributed by atoms with E-state index in [2.05, 4.69) is 0 Å². The molecule has 5 heteroatoms. The van der Waals surface area contributed by atoms with E-state index in [1.54, 1.807) is 30.3 Å². The van der Waals surface area contributed by atoms with Crippen molar-refractivity contribution in [1.29, 1.82) is 5.26 Å². The molecule has 1 unspecified atom stereocenters. The van der Waals surface area contributed by atoms with Crippen LogP contribution in [0, 0.1) is 17.1 Å². The van der Waals surface area contributed by atoms with Gasteiger partial charge in [-0.1, -0.05) is 18.2 Å². The average Bonchev–Trinajstić information content (AvgIpc) is 2.85. The number of nitrogens with zero attached hydrogens (tertiary/aromatic N) is 1. The molecular weight excluding hydrogens is 257 g/mol. The van der Waals surface area contributed by atoms with Gasteiger partial charge in [-0.05, 0) is 17.5 Å². The minimum absolute atomic E-state index is 0.00863. The maximum atomic E-state index is 13.7. The fraction of sp³-hybridized carbons (Fsp3) is 0.0833. The van der Waals surface area contributed by atoms with Crippen molar-refractivity contribution < 1.29 is 8.60 Å². The highest BCUT2D eigenvalue weighted by Crippen LogP contribution is 2.20. The smallest absolute Gasteiger partial charge is 0.145 e. The zero-order chi connectivity index (χ0) is 12.3. The summed E-state index contributed by atoms with van der Waals surface area (Å²) in [6.45, 7) is 0. The molecule has 0 saturated carbocycles. The van der Waals surface area contributed by atoms with Gasteiger partial charge in [0, 0.05) is 5.56 Å². The lowest BCUT2D eigenvalue weighted by Gasteiger charge is -2.03. The van der Waals surface area contributed by atoms with Crippen LogP contribution in [-0.2, 0) is 16.6 Å². The molecule has 0 amide bonds. The maximum absolute atomic E-state index is 13.7. The number of halogens is 1. The molecule has 0 spiro atoms. The van der Waals surface area contributed by atoms with Crippen LogP contribution in [0.1, 0.15) is 11.1 Å². The predicted octanol–water partition coefficient (Wildman–Crippen LogP) is 3.07. The molecule has 86 valence electrons. The quantitative estimate of drug-likeness (QED) is 0.855. The first-order valence-electron chi connectivity index (χ1n) is 4.81. The average molecular weight is 265 g/mol. The second-order valence-electron chi connectivity index (χ2n) is 3.31. The monoisotopic (exact) mass is 265 g/mol. The number of thiophene rings is 1. The molecule has 1 heterocycles. The molecule has 1 atom stereocenters. The van der Waals surface area contributed by atoms with Crippen LogP contribution in [0.15, 0.2) is 39.9 Å². The van der Waals surface area contributed by atoms with E-state index in [9.17, 15) is 8.60 Å². The molecule has 2 nitrogen and oxygen atoms in total. The van der Waals surface area contributed by atoms with Gasteiger partial charge in [-0.3, -0.25) is 4.21 Å². The van der Waals surface area contributed by atoms with E-state index < -0.39 is 16.6 Å². The molecule has 0 radical (unpaired) electrons. The van der Waals surface area contributed by atoms with Gasteiger partial charge in [0.1, 0.15) is 11.9 Å². The Balaban J connectivity index is 2.26. The van der Waals surface area contributed by atoms with E-state index in [1.807, 2.05) is 5.38 Å². The van der Waals surface area contributed by atoms with Crippen LogP contribution >= 0.6 is 11.3 Å². The molecule has 0 aliphatic rings. The molecule has 0 N–H and O–H groups in total. The molecule has 0 aliphatic carbocycles. The largest absolute Gasteiger partial charge is 0.253 e. The third kappa shape index (κ3) is 2.60. The number of rotatable bonds is 3. The minimum Gasteiger partial charge on any atom is -0.253 e. The van der Waals surface area contributed by atoms with Crippen LogP contribution < -0.4 is 0 Å². The number of hydrogen-bond donors (Lipinski definition) is 0. The normalized spacial score (nSPS) is 12.0. The summed E-state index contributed by atoms with van der Waals surface area (Å²) in [7, 11) is -1.25. The Morgan fingerprint density at radius 3 is 2.82 bits per heavy atom. The Morgan fingerprint density at radius 1 is 1.35 bits per heavy atom. The van der Waals surface area contributed by atoms with Crippen LogP contribution in [0.2, 0.25) is 0 Å². The van der Waals surface area contributed by atoms with Gasteiger partial charge in [-0.15, -0.1) is 11.3 Å². The second kappa shape index (κ2) is 5.21. The Bertz CT molecular complexity index is 587. The number of benzene rings is 1. The summed E-state index contributed by atoms with van der Waals surface area (Å²) in [6, 6.07) is 9.90. The number of hydrogen-bond acceptors (Lipinski definition) is 3. The summed E-state index contributed by atoms with van der Waals surface area (Å²) in [6.07, 6.45) is 0. The van der Waals surface area contributed by atoms with Crippen molar-refractivity contribution in [2.24, 2.45) is 0 Å². The van der Waals surface area contributed by atoms with E-state index in [1.165, 1.54) is 17.4 Å². The van der Waals surface area contributed by atoms with Gasteiger partial charge in [0.15, 0.2) is 0 Å². The molecule has 2 rings (SSSR count). The fourth-order valence-electron chi connectivity index (χ4n) is 1.38. The highest BCUT2D eigenvalue weighted by Gasteiger charge is 2.12. The zero-order valence-corrected chi connectivity index (χ0v) is 10.4. The van der Waals surface area contributed by atoms with E-state index in [0.717, 1.165) is 0 Å². The van der Waals surface area contributed by atoms with E-state index in [-0.39, 0.29) is 11.3 Å². The minimum atomic E-state index is -1.25. The summed E-state index contributed by atoms with van der Waals surface area (Å²) in [5.41, 5.74) is 0.307. The van der Waals surface area contributed by atoms with Gasteiger partial charge >= 0.3 is 0 Å². The van der Waals surface area contributed by atoms with Crippen molar-refractivity contribution in [2.75, 3.05) is 0 Å². The first-order valence-corrected chi connectivity index (χ1v) is 7.01. The summed E-state index contributed by atoms with van der Waals surface area (Å²) in [5.74, 6) is -0.470. The van der Waals surface area contributed by atoms with Gasteiger partial charge in [-0.2, -0.15) is 5.26 Å². The predicted molar refractivity (Wildman–Crippen MR) is 65.5 cm³/mol. The highest BCUT2D eigenvalue weighted by molar-refractivity contribution is 7.86. The topological polar surface area (TPSA) is 40.9 Å². The van der Waals surface area contributed by atoms with Gasteiger partial charge in [-0.25, -0.2) is 4.39 Å². The van der Waals surface area contributed by atoms with Crippen molar-refractivity contribution in [3.05, 3.63) is 52.7 Å². The second-order valence-corrected chi connectivity index (χ2v) is 5.94. The lowest BCUT2D eigenvalue weighted by molar-refractivity contribution is 0.611. The summed E-state index contributed by atoms with van der Waals surface area (Å²) in [4.78, 5) is 0. The summed E-state index contributed by atoms with van der Waals surface area (Å²) in [5, 5.41) is 10.5. The highest BCUT2D eigenvalue weighted by atomic mass is 32.2. The fourth-order valence-corrected chi connectivity index (χ4v) is 3.48. The molecule has 0 saturated heterocycles. The third-order valence-electron chi connectivity index (χ3n) is 2.21. The molecule has 1 aromatic heterocycles.